The number of hydrogen-bond donors (Lipinski definition) is 2. The predicted molar refractivity (Wildman–Crippen MR) is 81.6 cm³/mol. The lowest BCUT2D eigenvalue weighted by molar-refractivity contribution is -0.131. The summed E-state index contributed by atoms with van der Waals surface area (Å²) < 4.78 is 12.6. The third-order valence-electron chi connectivity index (χ3n) is 2.64. The Bertz CT molecular complexity index is 486. The molecule has 21 heavy (non-hydrogen) atoms. The van der Waals surface area contributed by atoms with E-state index in [4.69, 9.17) is 6.11 Å². The van der Waals surface area contributed by atoms with Crippen molar-refractivity contribution >= 4 is 11.8 Å². The van der Waals surface area contributed by atoms with Gasteiger partial charge in [0.05, 0.1) is 12.2 Å². The first-order valence-corrected chi connectivity index (χ1v) is 6.86. The van der Waals surface area contributed by atoms with Crippen LogP contribution >= 0.6 is 0 Å². The summed E-state index contributed by atoms with van der Waals surface area (Å²) in [5.74, 6) is -0.827. The maximum Gasteiger partial charge on any atom is 0.245 e. The molecule has 1 aromatic rings. The molecule has 1 atom stereocenters. The normalized spacial score (nSPS) is 13.2. The van der Waals surface area contributed by atoms with Gasteiger partial charge in [-0.25, -0.2) is 0 Å². The van der Waals surface area contributed by atoms with Crippen molar-refractivity contribution in [3.05, 3.63) is 35.9 Å². The van der Waals surface area contributed by atoms with Crippen molar-refractivity contribution < 1.29 is 15.7 Å². The number of rotatable bonds is 6. The first-order valence-electron chi connectivity index (χ1n) is 7.57. The molecule has 0 aliphatic carbocycles. The van der Waals surface area contributed by atoms with Gasteiger partial charge >= 0.3 is 0 Å². The molecule has 116 valence electrons. The molecule has 0 radical (unpaired) electrons. The van der Waals surface area contributed by atoms with Crippen molar-refractivity contribution in [3.63, 3.8) is 0 Å². The van der Waals surface area contributed by atoms with E-state index in [2.05, 4.69) is 10.6 Å². The van der Waals surface area contributed by atoms with Crippen LogP contribution in [0.1, 0.15) is 34.6 Å². The highest BCUT2D eigenvalue weighted by Crippen LogP contribution is 2.07. The van der Waals surface area contributed by atoms with E-state index < -0.39 is 24.4 Å². The molecule has 5 nitrogen and oxygen atoms in total. The van der Waals surface area contributed by atoms with Gasteiger partial charge in [0.1, 0.15) is 6.04 Å². The third kappa shape index (κ3) is 7.46. The zero-order valence-electron chi connectivity index (χ0n) is 13.8. The first kappa shape index (κ1) is 15.5. The second-order valence-electron chi connectivity index (χ2n) is 5.75. The number of ether oxygens (including phenoxy) is 1. The predicted octanol–water partition coefficient (Wildman–Crippen LogP) is 1.62. The molecule has 0 spiro atoms. The highest BCUT2D eigenvalue weighted by molar-refractivity contribution is 5.86. The van der Waals surface area contributed by atoms with Crippen LogP contribution in [0.25, 0.3) is 0 Å². The van der Waals surface area contributed by atoms with Crippen LogP contribution < -0.4 is 10.6 Å². The van der Waals surface area contributed by atoms with Gasteiger partial charge in [-0.2, -0.15) is 0 Å². The molecule has 1 rings (SSSR count). The monoisotopic (exact) mass is 293 g/mol. The van der Waals surface area contributed by atoms with Gasteiger partial charge in [-0.15, -0.1) is 0 Å². The summed E-state index contributed by atoms with van der Waals surface area (Å²) in [6.45, 7) is 5.64. The van der Waals surface area contributed by atoms with Crippen molar-refractivity contribution in [3.8, 4) is 0 Å². The molecule has 0 aromatic heterocycles. The SMILES string of the molecule is [2H]CC(=O)N[C@@H](COC(C)(C)C)C(=O)NCc1ccccc1. The second kappa shape index (κ2) is 7.78. The molecular formula is C16H24N2O3. The second-order valence-corrected chi connectivity index (χ2v) is 5.75. The lowest BCUT2D eigenvalue weighted by Crippen LogP contribution is -2.49. The standard InChI is InChI=1S/C16H24N2O3/c1-12(19)18-14(11-21-16(2,3)4)15(20)17-10-13-8-6-5-7-9-13/h5-9,14H,10-11H2,1-4H3,(H,17,20)(H,18,19)/t14-/m0/s1/i1D. The molecule has 0 aliphatic rings. The van der Waals surface area contributed by atoms with E-state index in [0.29, 0.717) is 6.54 Å². The lowest BCUT2D eigenvalue weighted by atomic mass is 10.2. The highest BCUT2D eigenvalue weighted by Gasteiger charge is 2.22. The van der Waals surface area contributed by atoms with Gasteiger partial charge < -0.3 is 15.4 Å². The fraction of sp³-hybridized carbons (Fsp3) is 0.500. The summed E-state index contributed by atoms with van der Waals surface area (Å²) in [4.78, 5) is 23.6. The Hall–Kier alpha value is -1.88. The first-order chi connectivity index (χ1) is 10.3. The smallest absolute Gasteiger partial charge is 0.245 e. The molecule has 0 bridgehead atoms. The maximum atomic E-state index is 12.2. The van der Waals surface area contributed by atoms with Crippen molar-refractivity contribution in [2.75, 3.05) is 6.61 Å². The van der Waals surface area contributed by atoms with Crippen LogP contribution in [0.5, 0.6) is 0 Å². The van der Waals surface area contributed by atoms with Crippen molar-refractivity contribution in [2.24, 2.45) is 0 Å². The van der Waals surface area contributed by atoms with E-state index in [1.165, 1.54) is 0 Å². The average molecular weight is 293 g/mol. The quantitative estimate of drug-likeness (QED) is 0.837. The van der Waals surface area contributed by atoms with E-state index in [9.17, 15) is 9.59 Å². The Morgan fingerprint density at radius 1 is 1.29 bits per heavy atom. The fourth-order valence-corrected chi connectivity index (χ4v) is 1.62. The Morgan fingerprint density at radius 3 is 2.52 bits per heavy atom. The molecule has 0 unspecified atom stereocenters. The van der Waals surface area contributed by atoms with E-state index in [1.54, 1.807) is 0 Å². The molecule has 0 fully saturated rings. The molecule has 0 heterocycles. The summed E-state index contributed by atoms with van der Waals surface area (Å²) in [6, 6.07) is 8.69. The molecule has 5 heteroatoms. The van der Waals surface area contributed by atoms with Crippen LogP contribution in [0.3, 0.4) is 0 Å². The van der Waals surface area contributed by atoms with Crippen LogP contribution in [0, 0.1) is 0 Å². The average Bonchev–Trinajstić information content (AvgIpc) is 2.48. The van der Waals surface area contributed by atoms with E-state index in [-0.39, 0.29) is 12.5 Å². The van der Waals surface area contributed by atoms with Gasteiger partial charge in [0, 0.05) is 14.8 Å². The number of nitrogens with one attached hydrogen (secondary N) is 2. The van der Waals surface area contributed by atoms with Gasteiger partial charge in [0.25, 0.3) is 0 Å². The number of benzene rings is 1. The van der Waals surface area contributed by atoms with Crippen molar-refractivity contribution in [1.82, 2.24) is 10.6 Å². The minimum absolute atomic E-state index is 0.0653. The Labute approximate surface area is 127 Å². The number of amides is 2. The van der Waals surface area contributed by atoms with Crippen LogP contribution in [0.2, 0.25) is 0 Å². The molecule has 1 aromatic carbocycles. The molecular weight excluding hydrogens is 268 g/mol. The van der Waals surface area contributed by atoms with Crippen LogP contribution in [0.4, 0.5) is 0 Å². The maximum absolute atomic E-state index is 12.2. The van der Waals surface area contributed by atoms with E-state index in [1.807, 2.05) is 51.1 Å². The van der Waals surface area contributed by atoms with Crippen LogP contribution in [-0.2, 0) is 20.9 Å². The minimum Gasteiger partial charge on any atom is -0.373 e. The molecule has 2 N–H and O–H groups in total. The molecule has 2 amide bonds. The van der Waals surface area contributed by atoms with Gasteiger partial charge in [0.15, 0.2) is 0 Å². The van der Waals surface area contributed by atoms with Gasteiger partial charge in [-0.05, 0) is 26.3 Å². The number of hydrogen-bond acceptors (Lipinski definition) is 3. The Kier molecular flexibility index (Phi) is 5.75. The number of carbonyl (C=O) groups excluding carboxylic acids is 2. The number of carbonyl (C=O) groups is 2. The van der Waals surface area contributed by atoms with E-state index >= 15 is 0 Å². The zero-order valence-corrected chi connectivity index (χ0v) is 12.8. The Morgan fingerprint density at radius 2 is 1.95 bits per heavy atom. The summed E-state index contributed by atoms with van der Waals surface area (Å²) >= 11 is 0. The summed E-state index contributed by atoms with van der Waals surface area (Å²) in [5, 5.41) is 5.28. The highest BCUT2D eigenvalue weighted by atomic mass is 16.5. The van der Waals surface area contributed by atoms with Gasteiger partial charge in [0.2, 0.25) is 11.8 Å². The van der Waals surface area contributed by atoms with Gasteiger partial charge in [-0.1, -0.05) is 30.3 Å². The molecule has 0 saturated carbocycles. The zero-order chi connectivity index (χ0) is 16.6. The summed E-state index contributed by atoms with van der Waals surface area (Å²) in [7, 11) is 0. The van der Waals surface area contributed by atoms with Crippen molar-refractivity contribution in [2.45, 2.75) is 45.9 Å². The lowest BCUT2D eigenvalue weighted by Gasteiger charge is -2.24. The van der Waals surface area contributed by atoms with Crippen LogP contribution in [-0.4, -0.2) is 30.1 Å². The largest absolute Gasteiger partial charge is 0.373 e. The molecule has 0 aliphatic heterocycles. The van der Waals surface area contributed by atoms with Crippen LogP contribution in [0.15, 0.2) is 30.3 Å². The van der Waals surface area contributed by atoms with Crippen molar-refractivity contribution in [1.29, 1.82) is 0 Å². The third-order valence-corrected chi connectivity index (χ3v) is 2.64. The fourth-order valence-electron chi connectivity index (χ4n) is 1.62. The summed E-state index contributed by atoms with van der Waals surface area (Å²) in [6.07, 6.45) is 0. The Balaban J connectivity index is 2.59. The summed E-state index contributed by atoms with van der Waals surface area (Å²) in [5.41, 5.74) is 0.557. The minimum atomic E-state index is -0.805. The van der Waals surface area contributed by atoms with Gasteiger partial charge in [-0.3, -0.25) is 9.59 Å². The van der Waals surface area contributed by atoms with E-state index in [0.717, 1.165) is 5.56 Å². The topological polar surface area (TPSA) is 67.4 Å². The molecule has 0 saturated heterocycles.